The molecule has 30 heavy (non-hydrogen) atoms. The maximum absolute atomic E-state index is 11.8. The van der Waals surface area contributed by atoms with Crippen molar-refractivity contribution in [3.63, 3.8) is 0 Å². The second-order valence-electron chi connectivity index (χ2n) is 5.89. The molecule has 0 aliphatic heterocycles. The molecule has 0 saturated heterocycles. The lowest BCUT2D eigenvalue weighted by Crippen LogP contribution is -2.00. The van der Waals surface area contributed by atoms with E-state index in [1.807, 2.05) is 0 Å². The Labute approximate surface area is 171 Å². The zero-order valence-corrected chi connectivity index (χ0v) is 17.1. The van der Waals surface area contributed by atoms with Crippen LogP contribution in [0.2, 0.25) is 0 Å². The SMILES string of the molecule is O=S(=O)(O)c1ccc2ccc(S(=O)(=O)O)c(N=Nc3ccccc3S(=O)(=O)O)c2c1. The summed E-state index contributed by atoms with van der Waals surface area (Å²) < 4.78 is 97.4. The Morgan fingerprint density at radius 3 is 1.83 bits per heavy atom. The third-order valence-corrected chi connectivity index (χ3v) is 6.54. The molecule has 3 N–H and O–H groups in total. The number of hydrogen-bond donors (Lipinski definition) is 3. The van der Waals surface area contributed by atoms with Gasteiger partial charge in [0, 0.05) is 5.39 Å². The summed E-state index contributed by atoms with van der Waals surface area (Å²) in [6, 6.07) is 10.4. The number of hydrogen-bond acceptors (Lipinski definition) is 8. The van der Waals surface area contributed by atoms with Crippen molar-refractivity contribution in [1.82, 2.24) is 0 Å². The molecule has 0 aliphatic rings. The van der Waals surface area contributed by atoms with E-state index in [-0.39, 0.29) is 16.5 Å². The Bertz CT molecular complexity index is 1510. The minimum Gasteiger partial charge on any atom is -0.282 e. The van der Waals surface area contributed by atoms with E-state index in [4.69, 9.17) is 0 Å². The van der Waals surface area contributed by atoms with Gasteiger partial charge in [0.2, 0.25) is 0 Å². The van der Waals surface area contributed by atoms with Crippen LogP contribution in [-0.4, -0.2) is 38.9 Å². The smallest absolute Gasteiger partial charge is 0.282 e. The standard InChI is InChI=1S/C16H12N2O9S3/c19-28(20,21)11-7-5-10-6-8-15(30(25,26)27)16(12(10)9-11)18-17-13-3-1-2-4-14(13)29(22,23)24/h1-9H,(H,19,20,21)(H,22,23,24)(H,25,26,27). The van der Waals surface area contributed by atoms with E-state index in [9.17, 15) is 38.9 Å². The zero-order chi connectivity index (χ0) is 22.3. The summed E-state index contributed by atoms with van der Waals surface area (Å²) >= 11 is 0. The lowest BCUT2D eigenvalue weighted by atomic mass is 10.1. The van der Waals surface area contributed by atoms with Crippen LogP contribution in [0.3, 0.4) is 0 Å². The maximum atomic E-state index is 11.8. The van der Waals surface area contributed by atoms with Crippen LogP contribution < -0.4 is 0 Å². The van der Waals surface area contributed by atoms with Gasteiger partial charge in [-0.25, -0.2) is 0 Å². The highest BCUT2D eigenvalue weighted by atomic mass is 32.2. The molecule has 3 aromatic rings. The number of nitrogens with zero attached hydrogens (tertiary/aromatic N) is 2. The fourth-order valence-electron chi connectivity index (χ4n) is 2.60. The van der Waals surface area contributed by atoms with E-state index in [1.54, 1.807) is 0 Å². The van der Waals surface area contributed by atoms with Crippen LogP contribution in [0.1, 0.15) is 0 Å². The van der Waals surface area contributed by atoms with Gasteiger partial charge in [-0.15, -0.1) is 10.2 Å². The molecule has 0 unspecified atom stereocenters. The Balaban J connectivity index is 2.35. The van der Waals surface area contributed by atoms with Gasteiger partial charge >= 0.3 is 0 Å². The lowest BCUT2D eigenvalue weighted by molar-refractivity contribution is 0.480. The summed E-state index contributed by atoms with van der Waals surface area (Å²) in [5.41, 5.74) is -0.852. The predicted octanol–water partition coefficient (Wildman–Crippen LogP) is 3.00. The van der Waals surface area contributed by atoms with Gasteiger partial charge in [0.05, 0.1) is 4.90 Å². The van der Waals surface area contributed by atoms with Crippen LogP contribution in [0, 0.1) is 0 Å². The first-order valence-corrected chi connectivity index (χ1v) is 12.1. The maximum Gasteiger partial charge on any atom is 0.296 e. The van der Waals surface area contributed by atoms with Gasteiger partial charge in [-0.3, -0.25) is 13.7 Å². The Morgan fingerprint density at radius 1 is 0.633 bits per heavy atom. The highest BCUT2D eigenvalue weighted by Crippen LogP contribution is 2.36. The number of azo groups is 1. The van der Waals surface area contributed by atoms with Crippen molar-refractivity contribution in [3.05, 3.63) is 54.6 Å². The van der Waals surface area contributed by atoms with E-state index in [0.29, 0.717) is 0 Å². The van der Waals surface area contributed by atoms with Gasteiger partial charge in [0.15, 0.2) is 0 Å². The van der Waals surface area contributed by atoms with Crippen molar-refractivity contribution in [2.45, 2.75) is 14.7 Å². The molecule has 0 fully saturated rings. The van der Waals surface area contributed by atoms with E-state index < -0.39 is 50.7 Å². The van der Waals surface area contributed by atoms with Crippen molar-refractivity contribution in [1.29, 1.82) is 0 Å². The molecule has 0 spiro atoms. The van der Waals surface area contributed by atoms with Crippen molar-refractivity contribution in [2.24, 2.45) is 10.2 Å². The van der Waals surface area contributed by atoms with Crippen LogP contribution in [0.4, 0.5) is 11.4 Å². The van der Waals surface area contributed by atoms with E-state index in [0.717, 1.165) is 24.3 Å². The predicted molar refractivity (Wildman–Crippen MR) is 104 cm³/mol. The molecule has 0 heterocycles. The molecule has 3 rings (SSSR count). The monoisotopic (exact) mass is 472 g/mol. The molecule has 3 aromatic carbocycles. The van der Waals surface area contributed by atoms with Gasteiger partial charge in [-0.1, -0.05) is 24.3 Å². The fourth-order valence-corrected chi connectivity index (χ4v) is 4.36. The van der Waals surface area contributed by atoms with Crippen molar-refractivity contribution >= 4 is 52.5 Å². The van der Waals surface area contributed by atoms with Crippen LogP contribution in [0.5, 0.6) is 0 Å². The molecular formula is C16H12N2O9S3. The van der Waals surface area contributed by atoms with Gasteiger partial charge in [-0.05, 0) is 35.7 Å². The number of benzene rings is 3. The minimum absolute atomic E-state index is 0.117. The van der Waals surface area contributed by atoms with Crippen molar-refractivity contribution in [3.8, 4) is 0 Å². The van der Waals surface area contributed by atoms with Gasteiger partial charge in [0.1, 0.15) is 21.2 Å². The average molecular weight is 472 g/mol. The van der Waals surface area contributed by atoms with Crippen LogP contribution in [0.15, 0.2) is 79.5 Å². The first-order valence-electron chi connectivity index (χ1n) is 7.78. The number of rotatable bonds is 5. The van der Waals surface area contributed by atoms with Crippen molar-refractivity contribution < 1.29 is 38.9 Å². The van der Waals surface area contributed by atoms with Crippen LogP contribution in [0.25, 0.3) is 10.8 Å². The molecule has 158 valence electrons. The molecular weight excluding hydrogens is 460 g/mol. The Hall–Kier alpha value is -2.75. The van der Waals surface area contributed by atoms with E-state index >= 15 is 0 Å². The second-order valence-corrected chi connectivity index (χ2v) is 10.1. The Kier molecular flexibility index (Phi) is 5.48. The van der Waals surface area contributed by atoms with Crippen LogP contribution in [-0.2, 0) is 30.4 Å². The van der Waals surface area contributed by atoms with Gasteiger partial charge in [-0.2, -0.15) is 25.3 Å². The highest BCUT2D eigenvalue weighted by Gasteiger charge is 2.21. The molecule has 0 saturated carbocycles. The molecule has 0 radical (unpaired) electrons. The second kappa shape index (κ2) is 7.50. The van der Waals surface area contributed by atoms with Gasteiger partial charge < -0.3 is 0 Å². The topological polar surface area (TPSA) is 188 Å². The minimum atomic E-state index is -4.85. The number of fused-ring (bicyclic) bond motifs is 1. The van der Waals surface area contributed by atoms with E-state index in [1.165, 1.54) is 30.3 Å². The molecule has 11 nitrogen and oxygen atoms in total. The summed E-state index contributed by atoms with van der Waals surface area (Å²) in [6.45, 7) is 0. The van der Waals surface area contributed by atoms with Crippen LogP contribution >= 0.6 is 0 Å². The lowest BCUT2D eigenvalue weighted by Gasteiger charge is -2.08. The van der Waals surface area contributed by atoms with Gasteiger partial charge in [0.25, 0.3) is 30.4 Å². The zero-order valence-electron chi connectivity index (χ0n) is 14.6. The summed E-state index contributed by atoms with van der Waals surface area (Å²) in [5, 5.41) is 7.53. The van der Waals surface area contributed by atoms with E-state index in [2.05, 4.69) is 10.2 Å². The quantitative estimate of drug-likeness (QED) is 0.370. The highest BCUT2D eigenvalue weighted by molar-refractivity contribution is 7.86. The Morgan fingerprint density at radius 2 is 1.23 bits per heavy atom. The largest absolute Gasteiger partial charge is 0.296 e. The molecule has 14 heteroatoms. The summed E-state index contributed by atoms with van der Waals surface area (Å²) in [5.74, 6) is 0. The summed E-state index contributed by atoms with van der Waals surface area (Å²) in [7, 11) is -14.2. The summed E-state index contributed by atoms with van der Waals surface area (Å²) in [4.78, 5) is -1.92. The first-order chi connectivity index (χ1) is 13.8. The third-order valence-electron chi connectivity index (χ3n) is 3.90. The van der Waals surface area contributed by atoms with Crippen molar-refractivity contribution in [2.75, 3.05) is 0 Å². The fraction of sp³-hybridized carbons (Fsp3) is 0. The average Bonchev–Trinajstić information content (AvgIpc) is 2.63. The third kappa shape index (κ3) is 4.53. The molecule has 0 bridgehead atoms. The molecule has 0 aromatic heterocycles. The molecule has 0 amide bonds. The molecule has 0 aliphatic carbocycles. The normalized spacial score (nSPS) is 13.2. The summed E-state index contributed by atoms with van der Waals surface area (Å²) in [6.07, 6.45) is 0. The molecule has 0 atom stereocenters. The first kappa shape index (κ1) is 21.9.